The highest BCUT2D eigenvalue weighted by Gasteiger charge is 2.13. The molecule has 0 aliphatic carbocycles. The minimum Gasteiger partial charge on any atom is -0.497 e. The van der Waals surface area contributed by atoms with Crippen LogP contribution in [0.1, 0.15) is 5.56 Å². The van der Waals surface area contributed by atoms with Crippen molar-refractivity contribution in [3.63, 3.8) is 0 Å². The minimum atomic E-state index is -0.343. The average Bonchev–Trinajstić information content (AvgIpc) is 2.90. The number of fused-ring (bicyclic) bond motifs is 1. The third kappa shape index (κ3) is 2.45. The highest BCUT2D eigenvalue weighted by Crippen LogP contribution is 2.25. The maximum Gasteiger partial charge on any atom is 0.274 e. The van der Waals surface area contributed by atoms with E-state index >= 15 is 0 Å². The molecule has 5 heteroatoms. The summed E-state index contributed by atoms with van der Waals surface area (Å²) < 4.78 is 7.20. The number of hydrogen-bond acceptors (Lipinski definition) is 3. The van der Waals surface area contributed by atoms with Gasteiger partial charge in [0.15, 0.2) is 0 Å². The van der Waals surface area contributed by atoms with Crippen molar-refractivity contribution in [3.05, 3.63) is 70.4 Å². The number of ether oxygens (including phenoxy) is 1. The van der Waals surface area contributed by atoms with E-state index in [0.717, 1.165) is 16.7 Å². The maximum absolute atomic E-state index is 11.1. The first-order chi connectivity index (χ1) is 10.2. The molecular weight excluding hydrogens is 268 g/mol. The van der Waals surface area contributed by atoms with Gasteiger partial charge in [-0.1, -0.05) is 18.2 Å². The van der Waals surface area contributed by atoms with Crippen molar-refractivity contribution in [1.29, 1.82) is 0 Å². The van der Waals surface area contributed by atoms with Gasteiger partial charge in [-0.25, -0.2) is 0 Å². The fourth-order valence-electron chi connectivity index (χ4n) is 2.45. The molecule has 0 bridgehead atoms. The molecule has 0 radical (unpaired) electrons. The molecule has 106 valence electrons. The lowest BCUT2D eigenvalue weighted by Crippen LogP contribution is -2.01. The molecule has 3 aromatic rings. The first-order valence-electron chi connectivity index (χ1n) is 6.54. The summed E-state index contributed by atoms with van der Waals surface area (Å²) in [4.78, 5) is 10.7. The Balaban J connectivity index is 2.01. The van der Waals surface area contributed by atoms with Crippen LogP contribution in [-0.2, 0) is 6.54 Å². The Labute approximate surface area is 121 Å². The van der Waals surface area contributed by atoms with E-state index in [0.29, 0.717) is 12.1 Å². The van der Waals surface area contributed by atoms with Gasteiger partial charge in [-0.3, -0.25) is 10.1 Å². The molecular formula is C16H14N2O3. The van der Waals surface area contributed by atoms with Gasteiger partial charge < -0.3 is 9.30 Å². The standard InChI is InChI=1S/C16H14N2O3/c1-21-14-6-7-15-12(10-14)8-9-17(15)11-13-4-2-3-5-16(13)18(19)20/h2-10H,11H2,1H3. The molecule has 0 fully saturated rings. The smallest absolute Gasteiger partial charge is 0.274 e. The Morgan fingerprint density at radius 2 is 2.00 bits per heavy atom. The van der Waals surface area contributed by atoms with E-state index in [1.54, 1.807) is 19.2 Å². The highest BCUT2D eigenvalue weighted by atomic mass is 16.6. The Hall–Kier alpha value is -2.82. The van der Waals surface area contributed by atoms with Gasteiger partial charge in [0.1, 0.15) is 5.75 Å². The van der Waals surface area contributed by atoms with Crippen LogP contribution in [0, 0.1) is 10.1 Å². The summed E-state index contributed by atoms with van der Waals surface area (Å²) in [5.74, 6) is 0.797. The van der Waals surface area contributed by atoms with Gasteiger partial charge in [-0.05, 0) is 24.3 Å². The second kappa shape index (κ2) is 5.28. The van der Waals surface area contributed by atoms with Crippen molar-refractivity contribution in [2.24, 2.45) is 0 Å². The molecule has 0 aliphatic heterocycles. The minimum absolute atomic E-state index is 0.146. The first-order valence-corrected chi connectivity index (χ1v) is 6.54. The Kier molecular flexibility index (Phi) is 3.31. The number of hydrogen-bond donors (Lipinski definition) is 0. The molecule has 1 aromatic heterocycles. The van der Waals surface area contributed by atoms with Crippen molar-refractivity contribution >= 4 is 16.6 Å². The molecule has 0 saturated heterocycles. The zero-order valence-electron chi connectivity index (χ0n) is 11.5. The predicted molar refractivity (Wildman–Crippen MR) is 80.7 cm³/mol. The summed E-state index contributed by atoms with van der Waals surface area (Å²) in [6, 6.07) is 14.6. The second-order valence-electron chi connectivity index (χ2n) is 4.75. The lowest BCUT2D eigenvalue weighted by Gasteiger charge is -2.07. The van der Waals surface area contributed by atoms with Crippen LogP contribution in [0.15, 0.2) is 54.7 Å². The van der Waals surface area contributed by atoms with Crippen LogP contribution >= 0.6 is 0 Å². The van der Waals surface area contributed by atoms with E-state index < -0.39 is 0 Å². The molecule has 1 heterocycles. The number of benzene rings is 2. The van der Waals surface area contributed by atoms with Gasteiger partial charge >= 0.3 is 0 Å². The van der Waals surface area contributed by atoms with Crippen molar-refractivity contribution in [3.8, 4) is 5.75 Å². The zero-order chi connectivity index (χ0) is 14.8. The molecule has 0 unspecified atom stereocenters. The molecule has 3 rings (SSSR count). The van der Waals surface area contributed by atoms with Crippen molar-refractivity contribution in [1.82, 2.24) is 4.57 Å². The van der Waals surface area contributed by atoms with E-state index in [-0.39, 0.29) is 10.6 Å². The molecule has 0 spiro atoms. The summed E-state index contributed by atoms with van der Waals surface area (Å²) in [6.45, 7) is 0.465. The number of aromatic nitrogens is 1. The Morgan fingerprint density at radius 3 is 2.76 bits per heavy atom. The van der Waals surface area contributed by atoms with Crippen LogP contribution in [0.4, 0.5) is 5.69 Å². The molecule has 0 N–H and O–H groups in total. The van der Waals surface area contributed by atoms with Gasteiger partial charge in [-0.15, -0.1) is 0 Å². The number of nitro groups is 1. The first kappa shape index (κ1) is 13.2. The fraction of sp³-hybridized carbons (Fsp3) is 0.125. The van der Waals surface area contributed by atoms with Gasteiger partial charge in [-0.2, -0.15) is 0 Å². The zero-order valence-corrected chi connectivity index (χ0v) is 11.5. The van der Waals surface area contributed by atoms with E-state index in [1.165, 1.54) is 6.07 Å². The second-order valence-corrected chi connectivity index (χ2v) is 4.75. The summed E-state index contributed by atoms with van der Waals surface area (Å²) in [5, 5.41) is 12.1. The third-order valence-electron chi connectivity index (χ3n) is 3.51. The van der Waals surface area contributed by atoms with Crippen LogP contribution in [-0.4, -0.2) is 16.6 Å². The van der Waals surface area contributed by atoms with Gasteiger partial charge in [0.05, 0.1) is 18.6 Å². The van der Waals surface area contributed by atoms with Crippen molar-refractivity contribution in [2.45, 2.75) is 6.54 Å². The lowest BCUT2D eigenvalue weighted by atomic mass is 10.2. The third-order valence-corrected chi connectivity index (χ3v) is 3.51. The summed E-state index contributed by atoms with van der Waals surface area (Å²) >= 11 is 0. The quantitative estimate of drug-likeness (QED) is 0.542. The lowest BCUT2D eigenvalue weighted by molar-refractivity contribution is -0.385. The molecule has 5 nitrogen and oxygen atoms in total. The van der Waals surface area contributed by atoms with Crippen LogP contribution in [0.3, 0.4) is 0 Å². The van der Waals surface area contributed by atoms with E-state index in [4.69, 9.17) is 4.74 Å². The van der Waals surface area contributed by atoms with E-state index in [1.807, 2.05) is 41.1 Å². The van der Waals surface area contributed by atoms with Gasteiger partial charge in [0, 0.05) is 28.7 Å². The van der Waals surface area contributed by atoms with Crippen molar-refractivity contribution < 1.29 is 9.66 Å². The maximum atomic E-state index is 11.1. The molecule has 0 aliphatic rings. The molecule has 21 heavy (non-hydrogen) atoms. The summed E-state index contributed by atoms with van der Waals surface area (Å²) in [7, 11) is 1.63. The summed E-state index contributed by atoms with van der Waals surface area (Å²) in [6.07, 6.45) is 1.93. The SMILES string of the molecule is COc1ccc2c(ccn2Cc2ccccc2[N+](=O)[O-])c1. The number of para-hydroxylation sites is 1. The van der Waals surface area contributed by atoms with Crippen LogP contribution in [0.2, 0.25) is 0 Å². The van der Waals surface area contributed by atoms with Crippen LogP contribution in [0.25, 0.3) is 10.9 Å². The molecule has 0 amide bonds. The molecule has 2 aromatic carbocycles. The number of methoxy groups -OCH3 is 1. The largest absolute Gasteiger partial charge is 0.497 e. The van der Waals surface area contributed by atoms with Crippen LogP contribution in [0.5, 0.6) is 5.75 Å². The number of nitro benzene ring substituents is 1. The summed E-state index contributed by atoms with van der Waals surface area (Å²) in [5.41, 5.74) is 1.86. The molecule has 0 atom stereocenters. The van der Waals surface area contributed by atoms with E-state index in [2.05, 4.69) is 0 Å². The predicted octanol–water partition coefficient (Wildman–Crippen LogP) is 3.61. The highest BCUT2D eigenvalue weighted by molar-refractivity contribution is 5.81. The van der Waals surface area contributed by atoms with Crippen LogP contribution < -0.4 is 4.74 Å². The average molecular weight is 282 g/mol. The fourth-order valence-corrected chi connectivity index (χ4v) is 2.45. The van der Waals surface area contributed by atoms with E-state index in [9.17, 15) is 10.1 Å². The van der Waals surface area contributed by atoms with Crippen molar-refractivity contribution in [2.75, 3.05) is 7.11 Å². The Morgan fingerprint density at radius 1 is 1.19 bits per heavy atom. The molecule has 0 saturated carbocycles. The monoisotopic (exact) mass is 282 g/mol. The van der Waals surface area contributed by atoms with Gasteiger partial charge in [0.2, 0.25) is 0 Å². The normalized spacial score (nSPS) is 10.7. The number of rotatable bonds is 4. The van der Waals surface area contributed by atoms with Gasteiger partial charge in [0.25, 0.3) is 5.69 Å². The Bertz CT molecular complexity index is 808. The number of nitrogens with zero attached hydrogens (tertiary/aromatic N) is 2. The topological polar surface area (TPSA) is 57.3 Å².